The second-order valence-electron chi connectivity index (χ2n) is 4.51. The first-order chi connectivity index (χ1) is 8.84. The summed E-state index contributed by atoms with van der Waals surface area (Å²) in [5, 5.41) is 1.95. The zero-order valence-corrected chi connectivity index (χ0v) is 10.8. The molecule has 3 rings (SSSR count). The van der Waals surface area contributed by atoms with E-state index < -0.39 is 0 Å². The Morgan fingerprint density at radius 3 is 2.83 bits per heavy atom. The average Bonchev–Trinajstić information content (AvgIpc) is 3.11. The quantitative estimate of drug-likeness (QED) is 0.832. The van der Waals surface area contributed by atoms with Crippen molar-refractivity contribution in [2.75, 3.05) is 13.1 Å². The van der Waals surface area contributed by atoms with Crippen molar-refractivity contribution in [1.29, 1.82) is 0 Å². The Morgan fingerprint density at radius 2 is 2.22 bits per heavy atom. The lowest BCUT2D eigenvalue weighted by Gasteiger charge is -2.32. The zero-order chi connectivity index (χ0) is 12.4. The summed E-state index contributed by atoms with van der Waals surface area (Å²) in [6.07, 6.45) is 7.69. The molecule has 0 radical (unpaired) electrons. The highest BCUT2D eigenvalue weighted by Crippen LogP contribution is 2.24. The molecule has 18 heavy (non-hydrogen) atoms. The molecular weight excluding hydrogens is 246 g/mol. The Bertz CT molecular complexity index is 498. The first-order valence-electron chi connectivity index (χ1n) is 6.15. The van der Waals surface area contributed by atoms with E-state index in [2.05, 4.69) is 9.55 Å². The van der Waals surface area contributed by atoms with Crippen LogP contribution < -0.4 is 0 Å². The summed E-state index contributed by atoms with van der Waals surface area (Å²) in [5.74, 6) is 0.175. The van der Waals surface area contributed by atoms with Crippen molar-refractivity contribution in [3.63, 3.8) is 0 Å². The molecular formula is C13H15N3OS. The van der Waals surface area contributed by atoms with E-state index in [0.717, 1.165) is 30.8 Å². The van der Waals surface area contributed by atoms with Gasteiger partial charge in [-0.15, -0.1) is 11.3 Å². The number of hydrogen-bond acceptors (Lipinski definition) is 3. The largest absolute Gasteiger partial charge is 0.338 e. The number of piperidine rings is 1. The van der Waals surface area contributed by atoms with E-state index in [9.17, 15) is 4.79 Å². The average molecular weight is 261 g/mol. The molecule has 0 spiro atoms. The molecule has 0 aromatic carbocycles. The van der Waals surface area contributed by atoms with Crippen molar-refractivity contribution in [2.24, 2.45) is 0 Å². The predicted molar refractivity (Wildman–Crippen MR) is 70.7 cm³/mol. The maximum Gasteiger partial charge on any atom is 0.263 e. The van der Waals surface area contributed by atoms with Gasteiger partial charge in [-0.25, -0.2) is 4.98 Å². The molecule has 1 saturated heterocycles. The van der Waals surface area contributed by atoms with Crippen LogP contribution in [-0.2, 0) is 0 Å². The Balaban J connectivity index is 1.62. The number of carbonyl (C=O) groups is 1. The third-order valence-electron chi connectivity index (χ3n) is 3.43. The van der Waals surface area contributed by atoms with Gasteiger partial charge in [-0.05, 0) is 24.3 Å². The van der Waals surface area contributed by atoms with Gasteiger partial charge in [0, 0.05) is 31.5 Å². The van der Waals surface area contributed by atoms with E-state index in [0.29, 0.717) is 6.04 Å². The summed E-state index contributed by atoms with van der Waals surface area (Å²) in [5.41, 5.74) is 0. The molecule has 0 unspecified atom stereocenters. The van der Waals surface area contributed by atoms with Crippen LogP contribution in [0.5, 0.6) is 0 Å². The molecule has 1 aliphatic rings. The van der Waals surface area contributed by atoms with Gasteiger partial charge in [-0.3, -0.25) is 4.79 Å². The lowest BCUT2D eigenvalue weighted by molar-refractivity contribution is 0.0699. The van der Waals surface area contributed by atoms with Gasteiger partial charge in [0.15, 0.2) is 0 Å². The second-order valence-corrected chi connectivity index (χ2v) is 5.46. The minimum Gasteiger partial charge on any atom is -0.338 e. The van der Waals surface area contributed by atoms with E-state index in [1.807, 2.05) is 41.1 Å². The van der Waals surface area contributed by atoms with Gasteiger partial charge in [0.2, 0.25) is 0 Å². The van der Waals surface area contributed by atoms with E-state index >= 15 is 0 Å². The molecule has 2 aromatic rings. The monoisotopic (exact) mass is 261 g/mol. The van der Waals surface area contributed by atoms with Gasteiger partial charge in [0.25, 0.3) is 5.91 Å². The van der Waals surface area contributed by atoms with Crippen molar-refractivity contribution in [3.05, 3.63) is 41.1 Å². The van der Waals surface area contributed by atoms with Crippen LogP contribution in [0.1, 0.15) is 28.6 Å². The van der Waals surface area contributed by atoms with E-state index in [-0.39, 0.29) is 5.91 Å². The molecule has 3 heterocycles. The third-order valence-corrected chi connectivity index (χ3v) is 4.29. The normalized spacial score (nSPS) is 17.0. The van der Waals surface area contributed by atoms with Gasteiger partial charge in [-0.2, -0.15) is 0 Å². The molecule has 4 nitrogen and oxygen atoms in total. The van der Waals surface area contributed by atoms with E-state index in [4.69, 9.17) is 0 Å². The fourth-order valence-electron chi connectivity index (χ4n) is 2.41. The third kappa shape index (κ3) is 2.18. The topological polar surface area (TPSA) is 38.1 Å². The van der Waals surface area contributed by atoms with Crippen molar-refractivity contribution < 1.29 is 4.79 Å². The number of rotatable bonds is 2. The van der Waals surface area contributed by atoms with Crippen molar-refractivity contribution in [3.8, 4) is 0 Å². The molecule has 2 aromatic heterocycles. The summed E-state index contributed by atoms with van der Waals surface area (Å²) in [6, 6.07) is 4.31. The predicted octanol–water partition coefficient (Wildman–Crippen LogP) is 2.42. The summed E-state index contributed by atoms with van der Waals surface area (Å²) < 4.78 is 2.15. The summed E-state index contributed by atoms with van der Waals surface area (Å²) in [6.45, 7) is 1.67. The molecule has 94 valence electrons. The maximum absolute atomic E-state index is 12.2. The molecule has 0 N–H and O–H groups in total. The molecule has 1 aliphatic heterocycles. The highest BCUT2D eigenvalue weighted by Gasteiger charge is 2.24. The number of likely N-dealkylation sites (tertiary alicyclic amines) is 1. The number of carbonyl (C=O) groups excluding carboxylic acids is 1. The Kier molecular flexibility index (Phi) is 3.15. The highest BCUT2D eigenvalue weighted by atomic mass is 32.1. The number of nitrogens with zero attached hydrogens (tertiary/aromatic N) is 3. The smallest absolute Gasteiger partial charge is 0.263 e. The van der Waals surface area contributed by atoms with Crippen LogP contribution >= 0.6 is 11.3 Å². The first kappa shape index (κ1) is 11.5. The molecule has 1 fully saturated rings. The van der Waals surface area contributed by atoms with Crippen molar-refractivity contribution >= 4 is 17.2 Å². The SMILES string of the molecule is O=C(c1cccs1)N1CCC(n2ccnc2)CC1. The highest BCUT2D eigenvalue weighted by molar-refractivity contribution is 7.12. The van der Waals surface area contributed by atoms with Crippen LogP contribution in [0.3, 0.4) is 0 Å². The van der Waals surface area contributed by atoms with Gasteiger partial charge in [0.1, 0.15) is 0 Å². The number of hydrogen-bond donors (Lipinski definition) is 0. The van der Waals surface area contributed by atoms with Crippen molar-refractivity contribution in [2.45, 2.75) is 18.9 Å². The van der Waals surface area contributed by atoms with Gasteiger partial charge in [-0.1, -0.05) is 6.07 Å². The molecule has 5 heteroatoms. The number of amides is 1. The molecule has 0 atom stereocenters. The van der Waals surface area contributed by atoms with Crippen LogP contribution in [-0.4, -0.2) is 33.4 Å². The Labute approximate surface area is 110 Å². The molecule has 0 aliphatic carbocycles. The second kappa shape index (κ2) is 4.94. The summed E-state index contributed by atoms with van der Waals surface area (Å²) >= 11 is 1.52. The van der Waals surface area contributed by atoms with Crippen LogP contribution in [0, 0.1) is 0 Å². The molecule has 0 saturated carbocycles. The fraction of sp³-hybridized carbons (Fsp3) is 0.385. The standard InChI is InChI=1S/C13H15N3OS/c17-13(12-2-1-9-18-12)15-6-3-11(4-7-15)16-8-5-14-10-16/h1-2,5,8-11H,3-4,6-7H2. The van der Waals surface area contributed by atoms with Gasteiger partial charge in [0.05, 0.1) is 11.2 Å². The Hall–Kier alpha value is -1.62. The maximum atomic E-state index is 12.2. The number of thiophene rings is 1. The lowest BCUT2D eigenvalue weighted by atomic mass is 10.0. The minimum absolute atomic E-state index is 0.175. The number of aromatic nitrogens is 2. The van der Waals surface area contributed by atoms with Gasteiger partial charge < -0.3 is 9.47 Å². The van der Waals surface area contributed by atoms with Crippen LogP contribution in [0.2, 0.25) is 0 Å². The molecule has 0 bridgehead atoms. The molecule has 1 amide bonds. The first-order valence-corrected chi connectivity index (χ1v) is 7.03. The van der Waals surface area contributed by atoms with Crippen LogP contribution in [0.15, 0.2) is 36.2 Å². The van der Waals surface area contributed by atoms with E-state index in [1.165, 1.54) is 11.3 Å². The zero-order valence-electron chi connectivity index (χ0n) is 10.0. The fourth-order valence-corrected chi connectivity index (χ4v) is 3.10. The summed E-state index contributed by atoms with van der Waals surface area (Å²) in [4.78, 5) is 19.0. The van der Waals surface area contributed by atoms with Crippen LogP contribution in [0.4, 0.5) is 0 Å². The minimum atomic E-state index is 0.175. The van der Waals surface area contributed by atoms with E-state index in [1.54, 1.807) is 0 Å². The number of imidazole rings is 1. The Morgan fingerprint density at radius 1 is 1.39 bits per heavy atom. The summed E-state index contributed by atoms with van der Waals surface area (Å²) in [7, 11) is 0. The van der Waals surface area contributed by atoms with Gasteiger partial charge >= 0.3 is 0 Å². The van der Waals surface area contributed by atoms with Crippen LogP contribution in [0.25, 0.3) is 0 Å². The van der Waals surface area contributed by atoms with Crippen molar-refractivity contribution in [1.82, 2.24) is 14.5 Å². The lowest BCUT2D eigenvalue weighted by Crippen LogP contribution is -2.38.